The van der Waals surface area contributed by atoms with Gasteiger partial charge in [-0.1, -0.05) is 185 Å². The van der Waals surface area contributed by atoms with E-state index in [4.69, 9.17) is 0 Å². The molecular weight excluding hydrogens is 972 g/mol. The summed E-state index contributed by atoms with van der Waals surface area (Å²) in [6.45, 7) is 40.5. The van der Waals surface area contributed by atoms with E-state index in [1.807, 2.05) is 0 Å². The number of nitrogens with zero attached hydrogens (tertiary/aromatic N) is 2. The molecule has 3 heterocycles. The number of fused-ring (bicyclic) bond motifs is 13. The Labute approximate surface area is 480 Å². The predicted molar refractivity (Wildman–Crippen MR) is 343 cm³/mol. The lowest BCUT2D eigenvalue weighted by Crippen LogP contribution is -2.61. The molecule has 2 nitrogen and oxygen atoms in total. The lowest BCUT2D eigenvalue weighted by Gasteiger charge is -2.50. The molecule has 2 saturated carbocycles. The average Bonchev–Trinajstić information content (AvgIpc) is 2.10. The van der Waals surface area contributed by atoms with Gasteiger partial charge in [0.1, 0.15) is 0 Å². The highest BCUT2D eigenvalue weighted by Gasteiger charge is 2.67. The van der Waals surface area contributed by atoms with E-state index in [2.05, 4.69) is 235 Å². The normalized spacial score (nSPS) is 25.4. The highest BCUT2D eigenvalue weighted by Crippen LogP contribution is 2.74. The van der Waals surface area contributed by atoms with Crippen molar-refractivity contribution in [1.82, 2.24) is 0 Å². The van der Waals surface area contributed by atoms with E-state index in [-0.39, 0.29) is 50.0 Å². The van der Waals surface area contributed by atoms with E-state index in [0.29, 0.717) is 11.8 Å². The number of anilines is 6. The van der Waals surface area contributed by atoms with Gasteiger partial charge in [-0.05, 0) is 211 Å². The van der Waals surface area contributed by atoms with Gasteiger partial charge in [0, 0.05) is 48.6 Å². The molecule has 408 valence electrons. The van der Waals surface area contributed by atoms with E-state index >= 15 is 0 Å². The molecule has 2 fully saturated rings. The fraction of sp³-hybridized carbons (Fsp3) is 0.493. The van der Waals surface area contributed by atoms with Crippen LogP contribution < -0.4 is 25.5 Å². The minimum atomic E-state index is -0.124. The molecule has 3 atom stereocenters. The lowest BCUT2D eigenvalue weighted by atomic mass is 9.35. The van der Waals surface area contributed by atoms with E-state index < -0.39 is 0 Å². The molecule has 2 aliphatic heterocycles. The third-order valence-corrected chi connectivity index (χ3v) is 25.2. The largest absolute Gasteiger partial charge is 0.311 e. The zero-order valence-corrected chi connectivity index (χ0v) is 51.9. The van der Waals surface area contributed by atoms with Crippen molar-refractivity contribution in [3.63, 3.8) is 0 Å². The first-order valence-corrected chi connectivity index (χ1v) is 32.0. The van der Waals surface area contributed by atoms with Crippen LogP contribution in [0.25, 0.3) is 21.2 Å². The molecule has 5 aliphatic carbocycles. The minimum Gasteiger partial charge on any atom is -0.311 e. The molecule has 3 unspecified atom stereocenters. The van der Waals surface area contributed by atoms with Crippen molar-refractivity contribution >= 4 is 78.0 Å². The molecular formula is C75H89BN2S. The van der Waals surface area contributed by atoms with E-state index in [0.717, 1.165) is 12.8 Å². The molecule has 1 aromatic heterocycles. The Morgan fingerprint density at radius 3 is 1.80 bits per heavy atom. The van der Waals surface area contributed by atoms with Crippen LogP contribution in [-0.4, -0.2) is 6.71 Å². The zero-order valence-electron chi connectivity index (χ0n) is 51.1. The van der Waals surface area contributed by atoms with Gasteiger partial charge < -0.3 is 9.80 Å². The summed E-state index contributed by atoms with van der Waals surface area (Å²) in [4.78, 5) is 5.64. The molecule has 7 aromatic rings. The number of rotatable bonds is 4. The number of hydrogen-bond donors (Lipinski definition) is 0. The van der Waals surface area contributed by atoms with Crippen molar-refractivity contribution in [2.75, 3.05) is 9.80 Å². The fourth-order valence-electron chi connectivity index (χ4n) is 18.1. The average molecular weight is 1060 g/mol. The molecule has 0 bridgehead atoms. The maximum Gasteiger partial charge on any atom is 0.264 e. The van der Waals surface area contributed by atoms with Gasteiger partial charge >= 0.3 is 0 Å². The SMILES string of the molecule is CCC1(C)C2(CC(C)C1(C)C)c1ccccc1-c1c(N3c4cc5c(cc4B4c6sc7cc8c(cc7c6N(c6ccc(C7CCCCC7)cc6)c6cc(C(C)(C)C)cc3c64)C(C)(C)CCC8(C)C)C(C)(C)CCC5(C)C)cccc12. The van der Waals surface area contributed by atoms with Gasteiger partial charge in [-0.25, -0.2) is 0 Å². The van der Waals surface area contributed by atoms with Crippen molar-refractivity contribution in [1.29, 1.82) is 0 Å². The van der Waals surface area contributed by atoms with Crippen molar-refractivity contribution in [2.24, 2.45) is 16.7 Å². The third-order valence-electron chi connectivity index (χ3n) is 24.0. The first kappa shape index (κ1) is 52.0. The summed E-state index contributed by atoms with van der Waals surface area (Å²) in [5, 5.41) is 1.42. The minimum absolute atomic E-state index is 0.0304. The summed E-state index contributed by atoms with van der Waals surface area (Å²) in [6, 6.07) is 43.6. The second kappa shape index (κ2) is 16.8. The fourth-order valence-corrected chi connectivity index (χ4v) is 19.4. The molecule has 14 rings (SSSR count). The highest BCUT2D eigenvalue weighted by atomic mass is 32.1. The number of benzene rings is 6. The topological polar surface area (TPSA) is 6.48 Å². The molecule has 0 radical (unpaired) electrons. The maximum absolute atomic E-state index is 2.85. The van der Waals surface area contributed by atoms with Crippen LogP contribution >= 0.6 is 11.3 Å². The monoisotopic (exact) mass is 1060 g/mol. The number of thiophene rings is 1. The van der Waals surface area contributed by atoms with E-state index in [1.165, 1.54) is 146 Å². The Balaban J connectivity index is 1.12. The second-order valence-electron chi connectivity index (χ2n) is 31.1. The van der Waals surface area contributed by atoms with Gasteiger partial charge in [0.25, 0.3) is 6.71 Å². The quantitative estimate of drug-likeness (QED) is 0.162. The van der Waals surface area contributed by atoms with Crippen molar-refractivity contribution in [2.45, 2.75) is 220 Å². The van der Waals surface area contributed by atoms with E-state index in [1.54, 1.807) is 27.8 Å². The molecule has 7 aliphatic rings. The summed E-state index contributed by atoms with van der Waals surface area (Å²) in [7, 11) is 0. The summed E-state index contributed by atoms with van der Waals surface area (Å²) < 4.78 is 2.93. The maximum atomic E-state index is 2.85. The van der Waals surface area contributed by atoms with Crippen LogP contribution in [0.3, 0.4) is 0 Å². The van der Waals surface area contributed by atoms with Crippen LogP contribution in [0.2, 0.25) is 0 Å². The van der Waals surface area contributed by atoms with Gasteiger partial charge in [-0.2, -0.15) is 0 Å². The molecule has 1 spiro atoms. The summed E-state index contributed by atoms with van der Waals surface area (Å²) in [5.74, 6) is 1.21. The lowest BCUT2D eigenvalue weighted by molar-refractivity contribution is 0.0546. The standard InChI is InChI=1S/C75H89BN2S/c1-17-74(16)73(14,15)45(2)44-75(74)52-27-22-21-26-50(52)64-53(75)28-23-29-59(64)78-60-42-56-55(70(8,9)35-36-71(56,10)11)41-58(60)76-65-61(38-48(39-62(65)78)68(3,4)5)77(49-32-30-47(31-33-49)46-24-19-18-20-25-46)66-51-40-54-57(43-63(51)79-67(66)76)72(12,13)37-34-69(54,6)7/h21-23,26-33,38-43,45-46H,17-20,24-25,34-37,44H2,1-16H3. The van der Waals surface area contributed by atoms with Gasteiger partial charge in [-0.15, -0.1) is 11.3 Å². The summed E-state index contributed by atoms with van der Waals surface area (Å²) in [6.07, 6.45) is 13.7. The van der Waals surface area contributed by atoms with Gasteiger partial charge in [0.2, 0.25) is 0 Å². The molecule has 0 saturated heterocycles. The van der Waals surface area contributed by atoms with Crippen LogP contribution in [0.5, 0.6) is 0 Å². The van der Waals surface area contributed by atoms with Crippen LogP contribution in [0, 0.1) is 16.7 Å². The molecule has 6 aromatic carbocycles. The van der Waals surface area contributed by atoms with Crippen LogP contribution in [0.4, 0.5) is 34.1 Å². The molecule has 0 amide bonds. The first-order valence-electron chi connectivity index (χ1n) is 31.2. The first-order chi connectivity index (χ1) is 37.3. The Morgan fingerprint density at radius 1 is 0.582 bits per heavy atom. The summed E-state index contributed by atoms with van der Waals surface area (Å²) >= 11 is 2.11. The summed E-state index contributed by atoms with van der Waals surface area (Å²) in [5.41, 5.74) is 26.3. The van der Waals surface area contributed by atoms with E-state index in [9.17, 15) is 0 Å². The Hall–Kier alpha value is -5.06. The molecule has 4 heteroatoms. The van der Waals surface area contributed by atoms with Crippen molar-refractivity contribution in [3.8, 4) is 11.1 Å². The highest BCUT2D eigenvalue weighted by molar-refractivity contribution is 7.33. The van der Waals surface area contributed by atoms with Gasteiger partial charge in [0.15, 0.2) is 0 Å². The van der Waals surface area contributed by atoms with Crippen LogP contribution in [-0.2, 0) is 32.5 Å². The van der Waals surface area contributed by atoms with Crippen molar-refractivity contribution in [3.05, 3.63) is 148 Å². The predicted octanol–water partition coefficient (Wildman–Crippen LogP) is 19.8. The van der Waals surface area contributed by atoms with Crippen LogP contribution in [0.15, 0.2) is 103 Å². The smallest absolute Gasteiger partial charge is 0.264 e. The molecule has 79 heavy (non-hydrogen) atoms. The molecule has 0 N–H and O–H groups in total. The van der Waals surface area contributed by atoms with Crippen LogP contribution in [0.1, 0.15) is 232 Å². The third kappa shape index (κ3) is 6.94. The van der Waals surface area contributed by atoms with Crippen molar-refractivity contribution < 1.29 is 0 Å². The zero-order chi connectivity index (χ0) is 55.5. The Kier molecular flexibility index (Phi) is 11.1. The Bertz CT molecular complexity index is 3700. The second-order valence-corrected chi connectivity index (χ2v) is 32.2. The Morgan fingerprint density at radius 2 is 1.16 bits per heavy atom. The number of hydrogen-bond acceptors (Lipinski definition) is 3. The van der Waals surface area contributed by atoms with Gasteiger partial charge in [-0.3, -0.25) is 0 Å². The van der Waals surface area contributed by atoms with Gasteiger partial charge in [0.05, 0.1) is 11.4 Å².